The van der Waals surface area contributed by atoms with Crippen LogP contribution in [-0.2, 0) is 4.79 Å². The number of carbonyl (C=O) groups excluding carboxylic acids is 1. The Morgan fingerprint density at radius 2 is 2.16 bits per heavy atom. The van der Waals surface area contributed by atoms with Gasteiger partial charge in [0.2, 0.25) is 5.91 Å². The number of benzene rings is 1. The maximum absolute atomic E-state index is 13.5. The molecule has 2 atom stereocenters. The largest absolute Gasteiger partial charge is 0.323 e. The number of amides is 1. The zero-order valence-electron chi connectivity index (χ0n) is 10.5. The average Bonchev–Trinajstić information content (AvgIpc) is 2.36. The minimum absolute atomic E-state index is 0.00413. The number of hydrogen-bond acceptors (Lipinski definition) is 2. The number of nitrogens with one attached hydrogen (secondary N) is 2. The van der Waals surface area contributed by atoms with E-state index in [1.165, 1.54) is 6.07 Å². The monoisotopic (exact) mass is 332 g/mol. The molecule has 6 heteroatoms. The number of rotatable bonds is 2. The second-order valence-corrected chi connectivity index (χ2v) is 5.67. The number of piperidine rings is 1. The maximum Gasteiger partial charge on any atom is 0.227 e. The van der Waals surface area contributed by atoms with E-state index in [-0.39, 0.29) is 28.0 Å². The van der Waals surface area contributed by atoms with Crippen LogP contribution in [0.5, 0.6) is 0 Å². The minimum atomic E-state index is -0.768. The van der Waals surface area contributed by atoms with Crippen LogP contribution in [0.2, 0.25) is 0 Å². The van der Waals surface area contributed by atoms with Crippen molar-refractivity contribution in [1.29, 1.82) is 0 Å². The Morgan fingerprint density at radius 3 is 2.84 bits per heavy atom. The highest BCUT2D eigenvalue weighted by Crippen LogP contribution is 2.25. The zero-order chi connectivity index (χ0) is 14.0. The molecule has 1 amide bonds. The van der Waals surface area contributed by atoms with Crippen LogP contribution in [-0.4, -0.2) is 18.5 Å². The van der Waals surface area contributed by atoms with E-state index in [0.717, 1.165) is 25.5 Å². The van der Waals surface area contributed by atoms with E-state index in [1.807, 2.05) is 6.92 Å². The van der Waals surface area contributed by atoms with Gasteiger partial charge >= 0.3 is 0 Å². The number of carbonyl (C=O) groups is 1. The van der Waals surface area contributed by atoms with E-state index in [4.69, 9.17) is 0 Å². The molecule has 1 aliphatic heterocycles. The standard InChI is InChI=1S/C13H15BrF2N2O/c1-7-4-8(2-3-17-7)13(19)18-12-5-9(14)10(15)6-11(12)16/h5-8,17H,2-4H2,1H3,(H,18,19). The zero-order valence-corrected chi connectivity index (χ0v) is 12.1. The van der Waals surface area contributed by atoms with Gasteiger partial charge in [-0.05, 0) is 48.3 Å². The lowest BCUT2D eigenvalue weighted by Gasteiger charge is -2.27. The van der Waals surface area contributed by atoms with E-state index in [0.29, 0.717) is 0 Å². The van der Waals surface area contributed by atoms with E-state index < -0.39 is 11.6 Å². The van der Waals surface area contributed by atoms with Crippen LogP contribution in [0, 0.1) is 17.6 Å². The molecular weight excluding hydrogens is 318 g/mol. The van der Waals surface area contributed by atoms with Gasteiger partial charge in [0.1, 0.15) is 11.6 Å². The Kier molecular flexibility index (Phi) is 4.52. The van der Waals surface area contributed by atoms with Crippen LogP contribution < -0.4 is 10.6 Å². The number of hydrogen-bond donors (Lipinski definition) is 2. The first kappa shape index (κ1) is 14.4. The minimum Gasteiger partial charge on any atom is -0.323 e. The highest BCUT2D eigenvalue weighted by atomic mass is 79.9. The SMILES string of the molecule is CC1CC(C(=O)Nc2cc(Br)c(F)cc2F)CCN1. The van der Waals surface area contributed by atoms with Gasteiger partial charge in [0.15, 0.2) is 0 Å². The summed E-state index contributed by atoms with van der Waals surface area (Å²) in [4.78, 5) is 12.0. The lowest BCUT2D eigenvalue weighted by molar-refractivity contribution is -0.120. The Bertz CT molecular complexity index is 496. The first-order valence-corrected chi connectivity index (χ1v) is 6.95. The highest BCUT2D eigenvalue weighted by Gasteiger charge is 2.25. The van der Waals surface area contributed by atoms with Crippen molar-refractivity contribution < 1.29 is 13.6 Å². The Balaban J connectivity index is 2.08. The van der Waals surface area contributed by atoms with Gasteiger partial charge in [0.25, 0.3) is 0 Å². The molecule has 1 aromatic carbocycles. The maximum atomic E-state index is 13.5. The smallest absolute Gasteiger partial charge is 0.227 e. The fourth-order valence-electron chi connectivity index (χ4n) is 2.22. The molecule has 2 unspecified atom stereocenters. The predicted octanol–water partition coefficient (Wildman–Crippen LogP) is 3.05. The van der Waals surface area contributed by atoms with Gasteiger partial charge in [-0.2, -0.15) is 0 Å². The van der Waals surface area contributed by atoms with Crippen molar-refractivity contribution in [2.45, 2.75) is 25.8 Å². The van der Waals surface area contributed by atoms with Gasteiger partial charge in [-0.1, -0.05) is 0 Å². The normalized spacial score (nSPS) is 23.2. The molecule has 0 radical (unpaired) electrons. The molecule has 104 valence electrons. The van der Waals surface area contributed by atoms with Crippen molar-refractivity contribution in [1.82, 2.24) is 5.32 Å². The number of halogens is 3. The molecule has 1 heterocycles. The van der Waals surface area contributed by atoms with E-state index in [9.17, 15) is 13.6 Å². The molecule has 1 fully saturated rings. The van der Waals surface area contributed by atoms with Crippen LogP contribution in [0.1, 0.15) is 19.8 Å². The molecule has 1 saturated heterocycles. The first-order valence-electron chi connectivity index (χ1n) is 6.16. The summed E-state index contributed by atoms with van der Waals surface area (Å²) in [5, 5.41) is 5.78. The molecule has 0 saturated carbocycles. The van der Waals surface area contributed by atoms with Crippen molar-refractivity contribution in [3.8, 4) is 0 Å². The summed E-state index contributed by atoms with van der Waals surface area (Å²) in [6.45, 7) is 2.78. The van der Waals surface area contributed by atoms with Crippen LogP contribution in [0.25, 0.3) is 0 Å². The molecule has 1 aromatic rings. The predicted molar refractivity (Wildman–Crippen MR) is 72.9 cm³/mol. The van der Waals surface area contributed by atoms with E-state index in [1.54, 1.807) is 0 Å². The summed E-state index contributed by atoms with van der Waals surface area (Å²) < 4.78 is 26.8. The quantitative estimate of drug-likeness (QED) is 0.817. The summed E-state index contributed by atoms with van der Waals surface area (Å²) in [6, 6.07) is 2.27. The third-order valence-corrected chi connectivity index (χ3v) is 3.87. The van der Waals surface area contributed by atoms with Crippen molar-refractivity contribution in [2.75, 3.05) is 11.9 Å². The summed E-state index contributed by atoms with van der Waals surface area (Å²) in [7, 11) is 0. The van der Waals surface area contributed by atoms with E-state index >= 15 is 0 Å². The lowest BCUT2D eigenvalue weighted by Crippen LogP contribution is -2.40. The summed E-state index contributed by atoms with van der Waals surface area (Å²) in [6.07, 6.45) is 1.44. The molecule has 0 bridgehead atoms. The Labute approximate surface area is 118 Å². The fraction of sp³-hybridized carbons (Fsp3) is 0.462. The third kappa shape index (κ3) is 3.51. The summed E-state index contributed by atoms with van der Waals surface area (Å²) in [5.74, 6) is -1.81. The van der Waals surface area contributed by atoms with Crippen molar-refractivity contribution in [3.63, 3.8) is 0 Å². The third-order valence-electron chi connectivity index (χ3n) is 3.26. The molecular formula is C13H15BrF2N2O. The van der Waals surface area contributed by atoms with Crippen LogP contribution in [0.3, 0.4) is 0 Å². The van der Waals surface area contributed by atoms with Gasteiger partial charge in [-0.3, -0.25) is 4.79 Å². The highest BCUT2D eigenvalue weighted by molar-refractivity contribution is 9.10. The van der Waals surface area contributed by atoms with Gasteiger partial charge in [-0.15, -0.1) is 0 Å². The number of anilines is 1. The fourth-order valence-corrected chi connectivity index (χ4v) is 2.57. The van der Waals surface area contributed by atoms with Gasteiger partial charge < -0.3 is 10.6 Å². The lowest BCUT2D eigenvalue weighted by atomic mass is 9.92. The van der Waals surface area contributed by atoms with Gasteiger partial charge in [0.05, 0.1) is 10.2 Å². The average molecular weight is 333 g/mol. The van der Waals surface area contributed by atoms with Crippen molar-refractivity contribution in [3.05, 3.63) is 28.2 Å². The van der Waals surface area contributed by atoms with Crippen molar-refractivity contribution >= 4 is 27.5 Å². The van der Waals surface area contributed by atoms with Gasteiger partial charge in [0, 0.05) is 18.0 Å². The molecule has 0 spiro atoms. The first-order chi connectivity index (χ1) is 8.97. The van der Waals surface area contributed by atoms with Crippen LogP contribution in [0.4, 0.5) is 14.5 Å². The van der Waals surface area contributed by atoms with Crippen molar-refractivity contribution in [2.24, 2.45) is 5.92 Å². The molecule has 2 rings (SSSR count). The molecule has 1 aliphatic rings. The second kappa shape index (κ2) is 5.96. The molecule has 0 aliphatic carbocycles. The summed E-state index contributed by atoms with van der Waals surface area (Å²) >= 11 is 2.97. The van der Waals surface area contributed by atoms with Gasteiger partial charge in [-0.25, -0.2) is 8.78 Å². The van der Waals surface area contributed by atoms with Crippen LogP contribution in [0.15, 0.2) is 16.6 Å². The molecule has 0 aromatic heterocycles. The second-order valence-electron chi connectivity index (χ2n) is 4.81. The molecule has 3 nitrogen and oxygen atoms in total. The van der Waals surface area contributed by atoms with E-state index in [2.05, 4.69) is 26.6 Å². The van der Waals surface area contributed by atoms with Crippen LogP contribution >= 0.6 is 15.9 Å². The summed E-state index contributed by atoms with van der Waals surface area (Å²) in [5.41, 5.74) is 0.00413. The Morgan fingerprint density at radius 1 is 1.42 bits per heavy atom. The molecule has 2 N–H and O–H groups in total. The Hall–Kier alpha value is -1.01. The topological polar surface area (TPSA) is 41.1 Å². The molecule has 19 heavy (non-hydrogen) atoms.